The third kappa shape index (κ3) is 3.26. The smallest absolute Gasteiger partial charge is 0.323 e. The zero-order valence-electron chi connectivity index (χ0n) is 10.2. The summed E-state index contributed by atoms with van der Waals surface area (Å²) in [6.45, 7) is 0.695. The van der Waals surface area contributed by atoms with E-state index in [1.54, 1.807) is 11.0 Å². The lowest BCUT2D eigenvalue weighted by Crippen LogP contribution is -2.40. The number of carbonyl (C=O) groups is 1. The Hall–Kier alpha value is -1.43. The Kier molecular flexibility index (Phi) is 3.73. The number of nitrogens with one attached hydrogen (secondary N) is 1. The molecule has 0 aromatic carbocycles. The van der Waals surface area contributed by atoms with E-state index in [0.717, 1.165) is 25.1 Å². The average molecular weight is 238 g/mol. The predicted octanol–water partition coefficient (Wildman–Crippen LogP) is -0.101. The van der Waals surface area contributed by atoms with E-state index in [-0.39, 0.29) is 12.0 Å². The first kappa shape index (κ1) is 12.0. The van der Waals surface area contributed by atoms with E-state index >= 15 is 0 Å². The fourth-order valence-electron chi connectivity index (χ4n) is 1.84. The number of aryl methyl sites for hydroxylation is 1. The van der Waals surface area contributed by atoms with Crippen molar-refractivity contribution in [2.24, 2.45) is 13.0 Å². The Labute approximate surface area is 100 Å². The highest BCUT2D eigenvalue weighted by Crippen LogP contribution is 2.33. The minimum atomic E-state index is -0.165. The molecule has 94 valence electrons. The Balaban J connectivity index is 1.77. The van der Waals surface area contributed by atoms with Gasteiger partial charge in [-0.2, -0.15) is 5.10 Å². The fourth-order valence-corrected chi connectivity index (χ4v) is 1.84. The van der Waals surface area contributed by atoms with Crippen LogP contribution >= 0.6 is 0 Å². The number of rotatable bonds is 6. The molecule has 1 aromatic heterocycles. The van der Waals surface area contributed by atoms with Crippen molar-refractivity contribution in [1.82, 2.24) is 20.1 Å². The number of methoxy groups -OCH3 is 1. The number of aromatic nitrogens is 3. The number of ether oxygens (including phenoxy) is 1. The monoisotopic (exact) mass is 238 g/mol. The Morgan fingerprint density at radius 1 is 1.71 bits per heavy atom. The third-order valence-electron chi connectivity index (χ3n) is 2.91. The molecule has 1 aliphatic carbocycles. The molecule has 0 saturated heterocycles. The molecule has 0 bridgehead atoms. The molecule has 17 heavy (non-hydrogen) atoms. The molecule has 1 N–H and O–H groups in total. The number of carbonyl (C=O) groups excluding carboxylic acids is 1. The minimum Gasteiger partial charge on any atom is -0.468 e. The summed E-state index contributed by atoms with van der Waals surface area (Å²) in [5.74, 6) is 1.07. The van der Waals surface area contributed by atoms with Crippen molar-refractivity contribution < 1.29 is 9.53 Å². The zero-order valence-corrected chi connectivity index (χ0v) is 10.2. The highest BCUT2D eigenvalue weighted by atomic mass is 16.5. The summed E-state index contributed by atoms with van der Waals surface area (Å²) >= 11 is 0. The molecule has 1 fully saturated rings. The van der Waals surface area contributed by atoms with Crippen molar-refractivity contribution in [2.75, 3.05) is 13.7 Å². The summed E-state index contributed by atoms with van der Waals surface area (Å²) in [7, 11) is 3.27. The lowest BCUT2D eigenvalue weighted by molar-refractivity contribution is -0.143. The zero-order chi connectivity index (χ0) is 12.3. The van der Waals surface area contributed by atoms with E-state index < -0.39 is 0 Å². The van der Waals surface area contributed by atoms with Gasteiger partial charge in [0.1, 0.15) is 12.4 Å². The molecule has 0 amide bonds. The fraction of sp³-hybridized carbons (Fsp3) is 0.727. The van der Waals surface area contributed by atoms with Crippen molar-refractivity contribution in [2.45, 2.75) is 25.3 Å². The van der Waals surface area contributed by atoms with E-state index in [2.05, 4.69) is 15.4 Å². The molecule has 1 aromatic rings. The summed E-state index contributed by atoms with van der Waals surface area (Å²) in [4.78, 5) is 15.7. The number of esters is 1. The Bertz CT molecular complexity index is 387. The van der Waals surface area contributed by atoms with Crippen LogP contribution in [0.4, 0.5) is 0 Å². The van der Waals surface area contributed by atoms with Crippen LogP contribution in [0.2, 0.25) is 0 Å². The summed E-state index contributed by atoms with van der Waals surface area (Å²) in [5.41, 5.74) is 0. The van der Waals surface area contributed by atoms with Gasteiger partial charge in [-0.25, -0.2) is 4.98 Å². The standard InChI is InChI=1S/C11H18N4O2/c1-15-7-13-9(14-15)5-6-12-10(8-3-4-8)11(16)17-2/h7-8,10,12H,3-6H2,1-2H3. The van der Waals surface area contributed by atoms with Crippen molar-refractivity contribution in [3.63, 3.8) is 0 Å². The third-order valence-corrected chi connectivity index (χ3v) is 2.91. The lowest BCUT2D eigenvalue weighted by Gasteiger charge is -2.14. The van der Waals surface area contributed by atoms with Gasteiger partial charge < -0.3 is 10.1 Å². The molecule has 6 nitrogen and oxygen atoms in total. The van der Waals surface area contributed by atoms with Gasteiger partial charge in [-0.3, -0.25) is 9.48 Å². The average Bonchev–Trinajstić information content (AvgIpc) is 3.07. The molecule has 1 heterocycles. The van der Waals surface area contributed by atoms with Crippen LogP contribution in [0.25, 0.3) is 0 Å². The van der Waals surface area contributed by atoms with E-state index in [4.69, 9.17) is 4.74 Å². The Morgan fingerprint density at radius 3 is 3.00 bits per heavy atom. The highest BCUT2D eigenvalue weighted by Gasteiger charge is 2.36. The van der Waals surface area contributed by atoms with Crippen LogP contribution in [0.3, 0.4) is 0 Å². The second-order valence-corrected chi connectivity index (χ2v) is 4.38. The second kappa shape index (κ2) is 5.27. The van der Waals surface area contributed by atoms with Gasteiger partial charge in [-0.1, -0.05) is 0 Å². The van der Waals surface area contributed by atoms with E-state index in [9.17, 15) is 4.79 Å². The lowest BCUT2D eigenvalue weighted by atomic mass is 10.2. The van der Waals surface area contributed by atoms with Crippen LogP contribution in [0.15, 0.2) is 6.33 Å². The molecular formula is C11H18N4O2. The molecule has 0 radical (unpaired) electrons. The van der Waals surface area contributed by atoms with Gasteiger partial charge in [-0.15, -0.1) is 0 Å². The van der Waals surface area contributed by atoms with E-state index in [1.807, 2.05) is 7.05 Å². The molecule has 0 spiro atoms. The SMILES string of the molecule is COC(=O)C(NCCc1ncn(C)n1)C1CC1. The van der Waals surface area contributed by atoms with Crippen LogP contribution in [0, 0.1) is 5.92 Å². The van der Waals surface area contributed by atoms with Gasteiger partial charge in [0.15, 0.2) is 5.82 Å². The van der Waals surface area contributed by atoms with Gasteiger partial charge >= 0.3 is 5.97 Å². The van der Waals surface area contributed by atoms with Crippen molar-refractivity contribution in [1.29, 1.82) is 0 Å². The van der Waals surface area contributed by atoms with Gasteiger partial charge in [0, 0.05) is 20.0 Å². The largest absolute Gasteiger partial charge is 0.468 e. The second-order valence-electron chi connectivity index (χ2n) is 4.38. The summed E-state index contributed by atoms with van der Waals surface area (Å²) in [6.07, 6.45) is 4.61. The summed E-state index contributed by atoms with van der Waals surface area (Å²) in [5, 5.41) is 7.41. The Morgan fingerprint density at radius 2 is 2.47 bits per heavy atom. The molecule has 1 atom stereocenters. The molecule has 0 aliphatic heterocycles. The number of hydrogen-bond donors (Lipinski definition) is 1. The molecule has 1 aliphatic rings. The molecule has 6 heteroatoms. The van der Waals surface area contributed by atoms with Gasteiger partial charge in [0.25, 0.3) is 0 Å². The molecule has 2 rings (SSSR count). The first-order chi connectivity index (χ1) is 8.20. The van der Waals surface area contributed by atoms with Gasteiger partial charge in [0.05, 0.1) is 7.11 Å². The van der Waals surface area contributed by atoms with Gasteiger partial charge in [0.2, 0.25) is 0 Å². The minimum absolute atomic E-state index is 0.163. The van der Waals surface area contributed by atoms with Gasteiger partial charge in [-0.05, 0) is 18.8 Å². The highest BCUT2D eigenvalue weighted by molar-refractivity contribution is 5.76. The maximum Gasteiger partial charge on any atom is 0.323 e. The van der Waals surface area contributed by atoms with Crippen LogP contribution in [0.1, 0.15) is 18.7 Å². The van der Waals surface area contributed by atoms with E-state index in [1.165, 1.54) is 7.11 Å². The molecule has 1 saturated carbocycles. The van der Waals surface area contributed by atoms with Crippen LogP contribution in [0.5, 0.6) is 0 Å². The maximum atomic E-state index is 11.5. The topological polar surface area (TPSA) is 69.0 Å². The van der Waals surface area contributed by atoms with Crippen LogP contribution in [-0.4, -0.2) is 40.4 Å². The first-order valence-corrected chi connectivity index (χ1v) is 5.86. The van der Waals surface area contributed by atoms with Crippen molar-refractivity contribution in [3.8, 4) is 0 Å². The van der Waals surface area contributed by atoms with Crippen LogP contribution < -0.4 is 5.32 Å². The maximum absolute atomic E-state index is 11.5. The summed E-state index contributed by atoms with van der Waals surface area (Å²) in [6, 6.07) is -0.163. The molecular weight excluding hydrogens is 220 g/mol. The quantitative estimate of drug-likeness (QED) is 0.701. The molecule has 1 unspecified atom stereocenters. The first-order valence-electron chi connectivity index (χ1n) is 5.86. The number of hydrogen-bond acceptors (Lipinski definition) is 5. The van der Waals surface area contributed by atoms with Crippen molar-refractivity contribution >= 4 is 5.97 Å². The number of nitrogens with zero attached hydrogens (tertiary/aromatic N) is 3. The van der Waals surface area contributed by atoms with Crippen LogP contribution in [-0.2, 0) is 23.0 Å². The van der Waals surface area contributed by atoms with Crippen molar-refractivity contribution in [3.05, 3.63) is 12.2 Å². The predicted molar refractivity (Wildman–Crippen MR) is 61.2 cm³/mol. The summed E-state index contributed by atoms with van der Waals surface area (Å²) < 4.78 is 6.46. The normalized spacial score (nSPS) is 16.8. The van der Waals surface area contributed by atoms with E-state index in [0.29, 0.717) is 12.5 Å².